The van der Waals surface area contributed by atoms with Crippen LogP contribution in [0.2, 0.25) is 0 Å². The predicted octanol–water partition coefficient (Wildman–Crippen LogP) is 10.5. The fourth-order valence-corrected chi connectivity index (χ4v) is 8.59. The molecule has 0 spiro atoms. The molecule has 0 aliphatic carbocycles. The first kappa shape index (κ1) is 23.3. The molecule has 0 radical (unpaired) electrons. The van der Waals surface area contributed by atoms with Crippen LogP contribution in [0.15, 0.2) is 152 Å². The van der Waals surface area contributed by atoms with Crippen molar-refractivity contribution in [2.45, 2.75) is 0 Å². The molecular formula is C38H25NSe. The van der Waals surface area contributed by atoms with Crippen molar-refractivity contribution in [1.29, 1.82) is 0 Å². The molecule has 7 aromatic carbocycles. The summed E-state index contributed by atoms with van der Waals surface area (Å²) in [5.41, 5.74) is 5.89. The molecule has 8 aromatic rings. The van der Waals surface area contributed by atoms with E-state index in [-0.39, 0.29) is 0 Å². The summed E-state index contributed by atoms with van der Waals surface area (Å²) >= 11 is 0.291. The molecule has 1 heterocycles. The van der Waals surface area contributed by atoms with Crippen LogP contribution in [-0.2, 0) is 0 Å². The van der Waals surface area contributed by atoms with Crippen molar-refractivity contribution in [3.63, 3.8) is 0 Å². The quantitative estimate of drug-likeness (QED) is 0.149. The predicted molar refractivity (Wildman–Crippen MR) is 174 cm³/mol. The van der Waals surface area contributed by atoms with Crippen LogP contribution in [0, 0.1) is 0 Å². The number of hydrogen-bond donors (Lipinski definition) is 0. The molecule has 0 atom stereocenters. The average molecular weight is 575 g/mol. The summed E-state index contributed by atoms with van der Waals surface area (Å²) in [4.78, 5) is 2.38. The molecule has 0 amide bonds. The molecule has 1 aromatic heterocycles. The van der Waals surface area contributed by atoms with E-state index in [4.69, 9.17) is 0 Å². The molecule has 0 saturated carbocycles. The number of anilines is 3. The van der Waals surface area contributed by atoms with Crippen molar-refractivity contribution in [2.24, 2.45) is 0 Å². The van der Waals surface area contributed by atoms with Gasteiger partial charge in [-0.2, -0.15) is 0 Å². The molecule has 0 aliphatic heterocycles. The van der Waals surface area contributed by atoms with Crippen LogP contribution in [-0.4, -0.2) is 14.5 Å². The summed E-state index contributed by atoms with van der Waals surface area (Å²) < 4.78 is 2.99. The molecule has 8 rings (SSSR count). The van der Waals surface area contributed by atoms with Crippen molar-refractivity contribution in [3.8, 4) is 11.1 Å². The van der Waals surface area contributed by atoms with Gasteiger partial charge in [0.05, 0.1) is 0 Å². The number of para-hydroxylation sites is 1. The van der Waals surface area contributed by atoms with E-state index in [1.165, 1.54) is 52.0 Å². The molecule has 1 nitrogen and oxygen atoms in total. The van der Waals surface area contributed by atoms with E-state index < -0.39 is 0 Å². The topological polar surface area (TPSA) is 3.24 Å². The molecule has 40 heavy (non-hydrogen) atoms. The van der Waals surface area contributed by atoms with Crippen molar-refractivity contribution < 1.29 is 0 Å². The minimum atomic E-state index is 0.291. The zero-order valence-electron chi connectivity index (χ0n) is 21.8. The third-order valence-corrected chi connectivity index (χ3v) is 10.3. The Labute approximate surface area is 239 Å². The van der Waals surface area contributed by atoms with E-state index in [1.54, 1.807) is 0 Å². The van der Waals surface area contributed by atoms with E-state index in [1.807, 2.05) is 0 Å². The summed E-state index contributed by atoms with van der Waals surface area (Å²) in [5, 5.41) is 8.12. The second-order valence-corrected chi connectivity index (χ2v) is 12.4. The molecule has 0 unspecified atom stereocenters. The number of fused-ring (bicyclic) bond motifs is 7. The second kappa shape index (κ2) is 9.54. The van der Waals surface area contributed by atoms with Gasteiger partial charge in [0.1, 0.15) is 0 Å². The third-order valence-electron chi connectivity index (χ3n) is 7.81. The van der Waals surface area contributed by atoms with Crippen LogP contribution in [0.4, 0.5) is 17.1 Å². The zero-order chi connectivity index (χ0) is 26.5. The average Bonchev–Trinajstić information content (AvgIpc) is 3.41. The monoisotopic (exact) mass is 575 g/mol. The Balaban J connectivity index is 1.39. The Morgan fingerprint density at radius 3 is 1.93 bits per heavy atom. The number of rotatable bonds is 4. The summed E-state index contributed by atoms with van der Waals surface area (Å²) in [6, 6.07) is 55.2. The Morgan fingerprint density at radius 2 is 1.05 bits per heavy atom. The molecule has 0 aliphatic rings. The van der Waals surface area contributed by atoms with Gasteiger partial charge in [-0.3, -0.25) is 0 Å². The van der Waals surface area contributed by atoms with Crippen LogP contribution in [0.5, 0.6) is 0 Å². The van der Waals surface area contributed by atoms with Gasteiger partial charge in [0.2, 0.25) is 0 Å². The van der Waals surface area contributed by atoms with Gasteiger partial charge in [-0.25, -0.2) is 0 Å². The Kier molecular flexibility index (Phi) is 5.55. The first-order chi connectivity index (χ1) is 19.8. The van der Waals surface area contributed by atoms with Gasteiger partial charge in [0, 0.05) is 0 Å². The SMILES string of the molecule is c1ccc(-c2cccc(N(c3ccccc3)c3ccc4ccc5ccc6c7ccccc7[se]c6c5c4c3)c2)cc1. The second-order valence-electron chi connectivity index (χ2n) is 10.2. The zero-order valence-corrected chi connectivity index (χ0v) is 23.5. The Hall–Kier alpha value is -4.62. The van der Waals surface area contributed by atoms with E-state index in [0.717, 1.165) is 17.1 Å². The standard InChI is InChI=1S/C38H25NSe/c1-3-10-26(11-4-1)29-12-9-15-31(24-29)39(30-13-5-2-6-14-30)32-22-20-27-18-19-28-21-23-34-33-16-7-8-17-36(33)40-38(34)37(28)35(27)25-32/h1-25H. The number of hydrogen-bond acceptors (Lipinski definition) is 1. The van der Waals surface area contributed by atoms with Crippen LogP contribution in [0.25, 0.3) is 52.0 Å². The molecule has 0 bridgehead atoms. The van der Waals surface area contributed by atoms with Crippen molar-refractivity contribution in [2.75, 3.05) is 4.90 Å². The van der Waals surface area contributed by atoms with E-state index >= 15 is 0 Å². The van der Waals surface area contributed by atoms with Gasteiger partial charge in [0.15, 0.2) is 0 Å². The third kappa shape index (κ3) is 3.85. The van der Waals surface area contributed by atoms with Crippen LogP contribution >= 0.6 is 0 Å². The van der Waals surface area contributed by atoms with Crippen LogP contribution in [0.3, 0.4) is 0 Å². The molecular weight excluding hydrogens is 549 g/mol. The van der Waals surface area contributed by atoms with Crippen LogP contribution < -0.4 is 4.90 Å². The van der Waals surface area contributed by atoms with Crippen LogP contribution in [0.1, 0.15) is 0 Å². The van der Waals surface area contributed by atoms with E-state index in [0.29, 0.717) is 14.5 Å². The summed E-state index contributed by atoms with van der Waals surface area (Å²) in [6.07, 6.45) is 0. The normalized spacial score (nSPS) is 11.5. The molecule has 2 heteroatoms. The van der Waals surface area contributed by atoms with Gasteiger partial charge >= 0.3 is 234 Å². The Morgan fingerprint density at radius 1 is 0.400 bits per heavy atom. The fourth-order valence-electron chi connectivity index (χ4n) is 5.93. The van der Waals surface area contributed by atoms with Gasteiger partial charge in [0.25, 0.3) is 0 Å². The number of benzene rings is 7. The maximum absolute atomic E-state index is 2.40. The van der Waals surface area contributed by atoms with Crippen molar-refractivity contribution in [3.05, 3.63) is 152 Å². The summed E-state index contributed by atoms with van der Waals surface area (Å²) in [6.45, 7) is 0. The van der Waals surface area contributed by atoms with Gasteiger partial charge in [-0.05, 0) is 0 Å². The Bertz CT molecular complexity index is 2160. The molecule has 0 N–H and O–H groups in total. The minimum absolute atomic E-state index is 0.291. The summed E-state index contributed by atoms with van der Waals surface area (Å²) in [5.74, 6) is 0. The first-order valence-corrected chi connectivity index (χ1v) is 15.3. The van der Waals surface area contributed by atoms with Gasteiger partial charge in [-0.1, -0.05) is 6.07 Å². The van der Waals surface area contributed by atoms with E-state index in [2.05, 4.69) is 157 Å². The maximum atomic E-state index is 2.40. The molecule has 0 fully saturated rings. The van der Waals surface area contributed by atoms with Gasteiger partial charge in [-0.15, -0.1) is 0 Å². The molecule has 188 valence electrons. The first-order valence-electron chi connectivity index (χ1n) is 13.6. The van der Waals surface area contributed by atoms with E-state index in [9.17, 15) is 0 Å². The summed E-state index contributed by atoms with van der Waals surface area (Å²) in [7, 11) is 0. The van der Waals surface area contributed by atoms with Crippen molar-refractivity contribution >= 4 is 72.4 Å². The fraction of sp³-hybridized carbons (Fsp3) is 0. The van der Waals surface area contributed by atoms with Gasteiger partial charge < -0.3 is 0 Å². The number of nitrogens with zero attached hydrogens (tertiary/aromatic N) is 1. The molecule has 0 saturated heterocycles. The van der Waals surface area contributed by atoms with Crippen molar-refractivity contribution in [1.82, 2.24) is 0 Å².